The third-order valence-electron chi connectivity index (χ3n) is 3.92. The largest absolute Gasteiger partial charge is 0.497 e. The van der Waals surface area contributed by atoms with Gasteiger partial charge in [-0.3, -0.25) is 0 Å². The van der Waals surface area contributed by atoms with E-state index in [2.05, 4.69) is 17.4 Å². The van der Waals surface area contributed by atoms with Crippen LogP contribution in [0.5, 0.6) is 17.2 Å². The minimum absolute atomic E-state index is 0. The van der Waals surface area contributed by atoms with Crippen molar-refractivity contribution in [2.45, 2.75) is 19.0 Å². The average molecular weight is 336 g/mol. The Kier molecular flexibility index (Phi) is 6.13. The first-order valence-electron chi connectivity index (χ1n) is 7.47. The van der Waals surface area contributed by atoms with Gasteiger partial charge < -0.3 is 19.5 Å². The molecule has 0 aliphatic carbocycles. The van der Waals surface area contributed by atoms with Gasteiger partial charge in [0.15, 0.2) is 0 Å². The van der Waals surface area contributed by atoms with Crippen molar-refractivity contribution in [2.24, 2.45) is 0 Å². The monoisotopic (exact) mass is 335 g/mol. The lowest BCUT2D eigenvalue weighted by Crippen LogP contribution is -2.26. The number of hydrogen-bond acceptors (Lipinski definition) is 4. The first-order chi connectivity index (χ1) is 10.8. The fourth-order valence-corrected chi connectivity index (χ4v) is 2.76. The fraction of sp³-hybridized carbons (Fsp3) is 0.333. The predicted molar refractivity (Wildman–Crippen MR) is 92.9 cm³/mol. The molecule has 124 valence electrons. The molecule has 0 bridgehead atoms. The molecule has 2 aromatic rings. The van der Waals surface area contributed by atoms with E-state index in [-0.39, 0.29) is 12.4 Å². The summed E-state index contributed by atoms with van der Waals surface area (Å²) in [7, 11) is 3.33. The average Bonchev–Trinajstić information content (AvgIpc) is 2.59. The van der Waals surface area contributed by atoms with Gasteiger partial charge in [-0.25, -0.2) is 0 Å². The SMILES string of the molecule is COc1cc(CNC2CCOc3ccccc32)cc(OC)c1.Cl. The molecule has 4 nitrogen and oxygen atoms in total. The highest BCUT2D eigenvalue weighted by Gasteiger charge is 2.20. The fourth-order valence-electron chi connectivity index (χ4n) is 2.76. The summed E-state index contributed by atoms with van der Waals surface area (Å²) in [6.45, 7) is 1.50. The lowest BCUT2D eigenvalue weighted by atomic mass is 10.0. The maximum atomic E-state index is 5.70. The first kappa shape index (κ1) is 17.4. The second-order valence-electron chi connectivity index (χ2n) is 5.33. The van der Waals surface area contributed by atoms with E-state index in [4.69, 9.17) is 14.2 Å². The Morgan fingerprint density at radius 2 is 1.78 bits per heavy atom. The number of methoxy groups -OCH3 is 2. The number of halogens is 1. The number of rotatable bonds is 5. The number of nitrogens with one attached hydrogen (secondary N) is 1. The van der Waals surface area contributed by atoms with Crippen LogP contribution < -0.4 is 19.5 Å². The summed E-state index contributed by atoms with van der Waals surface area (Å²) in [4.78, 5) is 0. The van der Waals surface area contributed by atoms with Gasteiger partial charge in [-0.1, -0.05) is 18.2 Å². The molecule has 23 heavy (non-hydrogen) atoms. The van der Waals surface area contributed by atoms with E-state index in [1.54, 1.807) is 14.2 Å². The highest BCUT2D eigenvalue weighted by Crippen LogP contribution is 2.32. The molecule has 5 heteroatoms. The maximum absolute atomic E-state index is 5.70. The third kappa shape index (κ3) is 4.09. The first-order valence-corrected chi connectivity index (χ1v) is 7.47. The zero-order valence-corrected chi connectivity index (χ0v) is 14.2. The van der Waals surface area contributed by atoms with Crippen molar-refractivity contribution in [3.8, 4) is 17.2 Å². The zero-order chi connectivity index (χ0) is 15.4. The highest BCUT2D eigenvalue weighted by molar-refractivity contribution is 5.85. The van der Waals surface area contributed by atoms with Gasteiger partial charge in [0.25, 0.3) is 0 Å². The second kappa shape index (κ2) is 8.09. The summed E-state index contributed by atoms with van der Waals surface area (Å²) < 4.78 is 16.3. The molecule has 2 aromatic carbocycles. The lowest BCUT2D eigenvalue weighted by molar-refractivity contribution is 0.252. The van der Waals surface area contributed by atoms with Crippen molar-refractivity contribution in [3.05, 3.63) is 53.6 Å². The molecule has 0 saturated carbocycles. The van der Waals surface area contributed by atoms with E-state index in [0.717, 1.165) is 42.4 Å². The Labute approximate surface area is 143 Å². The van der Waals surface area contributed by atoms with Crippen LogP contribution in [-0.4, -0.2) is 20.8 Å². The van der Waals surface area contributed by atoms with Gasteiger partial charge in [0.1, 0.15) is 17.2 Å². The van der Waals surface area contributed by atoms with E-state index in [1.165, 1.54) is 5.56 Å². The second-order valence-corrected chi connectivity index (χ2v) is 5.33. The van der Waals surface area contributed by atoms with E-state index in [0.29, 0.717) is 6.04 Å². The van der Waals surface area contributed by atoms with Crippen LogP contribution in [0.1, 0.15) is 23.6 Å². The van der Waals surface area contributed by atoms with Crippen LogP contribution in [0.2, 0.25) is 0 Å². The Morgan fingerprint density at radius 1 is 1.09 bits per heavy atom. The van der Waals surface area contributed by atoms with Crippen molar-refractivity contribution >= 4 is 12.4 Å². The summed E-state index contributed by atoms with van der Waals surface area (Å²) in [5.41, 5.74) is 2.36. The van der Waals surface area contributed by atoms with Crippen molar-refractivity contribution in [3.63, 3.8) is 0 Å². The van der Waals surface area contributed by atoms with Crippen molar-refractivity contribution in [1.29, 1.82) is 0 Å². The van der Waals surface area contributed by atoms with Crippen molar-refractivity contribution < 1.29 is 14.2 Å². The molecule has 1 atom stereocenters. The molecular weight excluding hydrogens is 314 g/mol. The van der Waals surface area contributed by atoms with Crippen LogP contribution in [0.25, 0.3) is 0 Å². The molecule has 0 amide bonds. The van der Waals surface area contributed by atoms with Crippen LogP contribution in [0.15, 0.2) is 42.5 Å². The summed E-state index contributed by atoms with van der Waals surface area (Å²) in [5.74, 6) is 2.60. The normalized spacial score (nSPS) is 15.8. The maximum Gasteiger partial charge on any atom is 0.124 e. The van der Waals surface area contributed by atoms with Gasteiger partial charge in [0.05, 0.1) is 20.8 Å². The van der Waals surface area contributed by atoms with Gasteiger partial charge in [-0.2, -0.15) is 0 Å². The Bertz CT molecular complexity index is 626. The molecule has 1 N–H and O–H groups in total. The quantitative estimate of drug-likeness (QED) is 0.903. The highest BCUT2D eigenvalue weighted by atomic mass is 35.5. The standard InChI is InChI=1S/C18H21NO3.ClH/c1-20-14-9-13(10-15(11-14)21-2)12-19-17-7-8-22-18-6-4-3-5-16(17)18;/h3-6,9-11,17,19H,7-8,12H2,1-2H3;1H. The molecule has 0 radical (unpaired) electrons. The molecule has 0 saturated heterocycles. The summed E-state index contributed by atoms with van der Waals surface area (Å²) in [6, 6.07) is 14.5. The molecule has 1 heterocycles. The summed E-state index contributed by atoms with van der Waals surface area (Å²) >= 11 is 0. The van der Waals surface area contributed by atoms with Crippen LogP contribution >= 0.6 is 12.4 Å². The Morgan fingerprint density at radius 3 is 2.48 bits per heavy atom. The number of para-hydroxylation sites is 1. The molecule has 1 aliphatic heterocycles. The van der Waals surface area contributed by atoms with Crippen LogP contribution in [0.4, 0.5) is 0 Å². The number of fused-ring (bicyclic) bond motifs is 1. The third-order valence-corrected chi connectivity index (χ3v) is 3.92. The lowest BCUT2D eigenvalue weighted by Gasteiger charge is -2.26. The van der Waals surface area contributed by atoms with Gasteiger partial charge in [0.2, 0.25) is 0 Å². The van der Waals surface area contributed by atoms with Crippen LogP contribution in [-0.2, 0) is 6.54 Å². The predicted octanol–water partition coefficient (Wildman–Crippen LogP) is 3.74. The topological polar surface area (TPSA) is 39.7 Å². The smallest absolute Gasteiger partial charge is 0.124 e. The number of hydrogen-bond donors (Lipinski definition) is 1. The molecule has 0 fully saturated rings. The summed E-state index contributed by atoms with van der Waals surface area (Å²) in [6.07, 6.45) is 0.970. The van der Waals surface area contributed by atoms with E-state index < -0.39 is 0 Å². The van der Waals surface area contributed by atoms with E-state index in [1.807, 2.05) is 30.3 Å². The Hall–Kier alpha value is -1.91. The zero-order valence-electron chi connectivity index (χ0n) is 13.4. The van der Waals surface area contributed by atoms with Crippen molar-refractivity contribution in [2.75, 3.05) is 20.8 Å². The molecule has 0 aromatic heterocycles. The number of benzene rings is 2. The van der Waals surface area contributed by atoms with Gasteiger partial charge in [-0.05, 0) is 23.8 Å². The molecule has 0 spiro atoms. The van der Waals surface area contributed by atoms with Crippen LogP contribution in [0, 0.1) is 0 Å². The van der Waals surface area contributed by atoms with Crippen molar-refractivity contribution in [1.82, 2.24) is 5.32 Å². The summed E-state index contributed by atoms with van der Waals surface area (Å²) in [5, 5.41) is 3.61. The van der Waals surface area contributed by atoms with Gasteiger partial charge >= 0.3 is 0 Å². The van der Waals surface area contributed by atoms with Gasteiger partial charge in [0, 0.05) is 30.6 Å². The minimum atomic E-state index is 0. The van der Waals surface area contributed by atoms with Gasteiger partial charge in [-0.15, -0.1) is 12.4 Å². The van der Waals surface area contributed by atoms with E-state index >= 15 is 0 Å². The molecule has 1 unspecified atom stereocenters. The molecule has 3 rings (SSSR count). The van der Waals surface area contributed by atoms with E-state index in [9.17, 15) is 0 Å². The molecular formula is C18H22ClNO3. The Balaban J connectivity index is 0.00000192. The minimum Gasteiger partial charge on any atom is -0.497 e. The molecule has 1 aliphatic rings. The van der Waals surface area contributed by atoms with Crippen LogP contribution in [0.3, 0.4) is 0 Å². The number of ether oxygens (including phenoxy) is 3.